The molecular weight excluding hydrogens is 314 g/mol. The van der Waals surface area contributed by atoms with Gasteiger partial charge in [0.05, 0.1) is 13.0 Å². The summed E-state index contributed by atoms with van der Waals surface area (Å²) in [6, 6.07) is 12.3. The molecule has 2 aromatic rings. The second-order valence-corrected chi connectivity index (χ2v) is 6.37. The van der Waals surface area contributed by atoms with Crippen molar-refractivity contribution in [3.05, 3.63) is 54.4 Å². The highest BCUT2D eigenvalue weighted by Crippen LogP contribution is 2.33. The largest absolute Gasteiger partial charge is 0.497 e. The summed E-state index contributed by atoms with van der Waals surface area (Å²) in [5, 5.41) is 2.82. The number of amides is 1. The lowest BCUT2D eigenvalue weighted by Crippen LogP contribution is -2.35. The molecule has 2 unspecified atom stereocenters. The van der Waals surface area contributed by atoms with Crippen LogP contribution in [0.2, 0.25) is 0 Å². The van der Waals surface area contributed by atoms with Gasteiger partial charge in [0.2, 0.25) is 5.91 Å². The van der Waals surface area contributed by atoms with E-state index in [1.165, 1.54) is 5.69 Å². The third kappa shape index (κ3) is 3.92. The Bertz CT molecular complexity index is 688. The molecule has 1 amide bonds. The van der Waals surface area contributed by atoms with Gasteiger partial charge in [-0.2, -0.15) is 0 Å². The van der Waals surface area contributed by atoms with Crippen molar-refractivity contribution in [3.8, 4) is 5.75 Å². The standard InChI is InChI=1S/C20H25N3O2/c1-21-20(24)19(15-5-7-18(25-2)8-6-15)14-17-4-3-13-23(17)16-9-11-22-12-10-16/h5-12,17,19H,3-4,13-14H2,1-2H3,(H,21,24). The van der Waals surface area contributed by atoms with Crippen LogP contribution in [-0.4, -0.2) is 37.6 Å². The van der Waals surface area contributed by atoms with E-state index in [2.05, 4.69) is 15.2 Å². The summed E-state index contributed by atoms with van der Waals surface area (Å²) in [7, 11) is 3.35. The number of nitrogens with zero attached hydrogens (tertiary/aromatic N) is 2. The van der Waals surface area contributed by atoms with Gasteiger partial charge in [0.1, 0.15) is 5.75 Å². The van der Waals surface area contributed by atoms with Crippen LogP contribution in [-0.2, 0) is 4.79 Å². The fourth-order valence-corrected chi connectivity index (χ4v) is 3.63. The summed E-state index contributed by atoms with van der Waals surface area (Å²) in [4.78, 5) is 19.0. The zero-order valence-electron chi connectivity index (χ0n) is 14.8. The topological polar surface area (TPSA) is 54.5 Å². The van der Waals surface area contributed by atoms with Crippen molar-refractivity contribution in [2.24, 2.45) is 0 Å². The van der Waals surface area contributed by atoms with E-state index in [1.807, 2.05) is 48.8 Å². The monoisotopic (exact) mass is 339 g/mol. The summed E-state index contributed by atoms with van der Waals surface area (Å²) in [5.74, 6) is 0.703. The Labute approximate surface area is 149 Å². The molecule has 1 aromatic carbocycles. The zero-order chi connectivity index (χ0) is 17.6. The summed E-state index contributed by atoms with van der Waals surface area (Å²) in [6.45, 7) is 1.03. The molecule has 0 saturated carbocycles. The number of anilines is 1. The Morgan fingerprint density at radius 3 is 2.64 bits per heavy atom. The minimum atomic E-state index is -0.164. The molecule has 0 bridgehead atoms. The van der Waals surface area contributed by atoms with Gasteiger partial charge in [-0.05, 0) is 49.1 Å². The lowest BCUT2D eigenvalue weighted by atomic mass is 9.90. The fraction of sp³-hybridized carbons (Fsp3) is 0.400. The molecule has 2 atom stereocenters. The molecule has 132 valence electrons. The second kappa shape index (κ2) is 8.01. The first-order valence-corrected chi connectivity index (χ1v) is 8.75. The number of hydrogen-bond donors (Lipinski definition) is 1. The van der Waals surface area contributed by atoms with E-state index in [0.717, 1.165) is 37.1 Å². The smallest absolute Gasteiger partial charge is 0.227 e. The average molecular weight is 339 g/mol. The predicted octanol–water partition coefficient (Wildman–Crippen LogP) is 2.98. The molecular formula is C20H25N3O2. The van der Waals surface area contributed by atoms with Crippen LogP contribution in [0.5, 0.6) is 5.75 Å². The van der Waals surface area contributed by atoms with Crippen molar-refractivity contribution < 1.29 is 9.53 Å². The summed E-state index contributed by atoms with van der Waals surface area (Å²) < 4.78 is 5.23. The quantitative estimate of drug-likeness (QED) is 0.879. The van der Waals surface area contributed by atoms with Gasteiger partial charge in [0.15, 0.2) is 0 Å². The first-order chi connectivity index (χ1) is 12.2. The highest BCUT2D eigenvalue weighted by Gasteiger charge is 2.31. The molecule has 5 heteroatoms. The zero-order valence-corrected chi connectivity index (χ0v) is 14.8. The van der Waals surface area contributed by atoms with E-state index in [-0.39, 0.29) is 11.8 Å². The average Bonchev–Trinajstić information content (AvgIpc) is 3.14. The number of benzene rings is 1. The molecule has 1 saturated heterocycles. The number of nitrogens with one attached hydrogen (secondary N) is 1. The van der Waals surface area contributed by atoms with E-state index in [9.17, 15) is 4.79 Å². The maximum Gasteiger partial charge on any atom is 0.227 e. The van der Waals surface area contributed by atoms with E-state index in [4.69, 9.17) is 4.74 Å². The van der Waals surface area contributed by atoms with Crippen molar-refractivity contribution in [1.29, 1.82) is 0 Å². The maximum absolute atomic E-state index is 12.5. The van der Waals surface area contributed by atoms with Crippen LogP contribution in [0.1, 0.15) is 30.7 Å². The molecule has 1 fully saturated rings. The Hall–Kier alpha value is -2.56. The number of likely N-dealkylation sites (N-methyl/N-ethyl adjacent to an activating group) is 1. The number of carbonyl (C=O) groups is 1. The fourth-order valence-electron chi connectivity index (χ4n) is 3.63. The van der Waals surface area contributed by atoms with Crippen molar-refractivity contribution in [1.82, 2.24) is 10.3 Å². The van der Waals surface area contributed by atoms with E-state index >= 15 is 0 Å². The van der Waals surface area contributed by atoms with Gasteiger partial charge in [0.25, 0.3) is 0 Å². The molecule has 0 radical (unpaired) electrons. The van der Waals surface area contributed by atoms with Gasteiger partial charge in [0, 0.05) is 37.7 Å². The highest BCUT2D eigenvalue weighted by atomic mass is 16.5. The summed E-state index contributed by atoms with van der Waals surface area (Å²) in [6.07, 6.45) is 6.70. The van der Waals surface area contributed by atoms with Crippen molar-refractivity contribution in [2.75, 3.05) is 25.6 Å². The highest BCUT2D eigenvalue weighted by molar-refractivity contribution is 5.83. The molecule has 1 aliphatic heterocycles. The van der Waals surface area contributed by atoms with Crippen molar-refractivity contribution in [3.63, 3.8) is 0 Å². The normalized spacial score (nSPS) is 18.0. The molecule has 0 aliphatic carbocycles. The number of rotatable bonds is 6. The molecule has 3 rings (SSSR count). The number of pyridine rings is 1. The first-order valence-electron chi connectivity index (χ1n) is 8.75. The Morgan fingerprint density at radius 1 is 1.28 bits per heavy atom. The van der Waals surface area contributed by atoms with Gasteiger partial charge in [-0.25, -0.2) is 0 Å². The Balaban J connectivity index is 1.81. The van der Waals surface area contributed by atoms with Crippen LogP contribution in [0, 0.1) is 0 Å². The van der Waals surface area contributed by atoms with Gasteiger partial charge >= 0.3 is 0 Å². The molecule has 5 nitrogen and oxygen atoms in total. The van der Waals surface area contributed by atoms with Crippen LogP contribution in [0.25, 0.3) is 0 Å². The molecule has 1 N–H and O–H groups in total. The number of carbonyl (C=O) groups excluding carboxylic acids is 1. The second-order valence-electron chi connectivity index (χ2n) is 6.37. The van der Waals surface area contributed by atoms with Crippen LogP contribution >= 0.6 is 0 Å². The van der Waals surface area contributed by atoms with E-state index < -0.39 is 0 Å². The van der Waals surface area contributed by atoms with Crippen LogP contribution in [0.15, 0.2) is 48.8 Å². The number of hydrogen-bond acceptors (Lipinski definition) is 4. The van der Waals surface area contributed by atoms with Crippen LogP contribution < -0.4 is 15.0 Å². The van der Waals surface area contributed by atoms with Gasteiger partial charge in [-0.15, -0.1) is 0 Å². The number of methoxy groups -OCH3 is 1. The Morgan fingerprint density at radius 2 is 2.00 bits per heavy atom. The minimum absolute atomic E-state index is 0.0618. The SMILES string of the molecule is CNC(=O)C(CC1CCCN1c1ccncc1)c1ccc(OC)cc1. The maximum atomic E-state index is 12.5. The Kier molecular flexibility index (Phi) is 5.53. The molecule has 0 spiro atoms. The predicted molar refractivity (Wildman–Crippen MR) is 99.0 cm³/mol. The minimum Gasteiger partial charge on any atom is -0.497 e. The molecule has 1 aromatic heterocycles. The first kappa shape index (κ1) is 17.3. The number of aromatic nitrogens is 1. The van der Waals surface area contributed by atoms with E-state index in [0.29, 0.717) is 6.04 Å². The van der Waals surface area contributed by atoms with E-state index in [1.54, 1.807) is 14.2 Å². The van der Waals surface area contributed by atoms with Crippen LogP contribution in [0.3, 0.4) is 0 Å². The molecule has 2 heterocycles. The summed E-state index contributed by atoms with van der Waals surface area (Å²) >= 11 is 0. The molecule has 1 aliphatic rings. The third-order valence-electron chi connectivity index (χ3n) is 4.96. The van der Waals surface area contributed by atoms with Gasteiger partial charge < -0.3 is 15.0 Å². The van der Waals surface area contributed by atoms with Gasteiger partial charge in [-0.1, -0.05) is 12.1 Å². The number of ether oxygens (including phenoxy) is 1. The van der Waals surface area contributed by atoms with Gasteiger partial charge in [-0.3, -0.25) is 9.78 Å². The van der Waals surface area contributed by atoms with Crippen LogP contribution in [0.4, 0.5) is 5.69 Å². The summed E-state index contributed by atoms with van der Waals surface area (Å²) in [5.41, 5.74) is 2.21. The lowest BCUT2D eigenvalue weighted by Gasteiger charge is -2.29. The molecule has 25 heavy (non-hydrogen) atoms. The lowest BCUT2D eigenvalue weighted by molar-refractivity contribution is -0.122. The van der Waals surface area contributed by atoms with Crippen molar-refractivity contribution in [2.45, 2.75) is 31.2 Å². The van der Waals surface area contributed by atoms with Crippen molar-refractivity contribution >= 4 is 11.6 Å². The third-order valence-corrected chi connectivity index (χ3v) is 4.96.